The number of anilines is 1. The van der Waals surface area contributed by atoms with E-state index in [0.29, 0.717) is 12.1 Å². The van der Waals surface area contributed by atoms with E-state index in [1.54, 1.807) is 0 Å². The molecule has 1 saturated carbocycles. The zero-order valence-corrected chi connectivity index (χ0v) is 13.3. The van der Waals surface area contributed by atoms with Crippen LogP contribution in [0.15, 0.2) is 30.3 Å². The lowest BCUT2D eigenvalue weighted by Gasteiger charge is -2.25. The number of para-hydroxylation sites is 1. The van der Waals surface area contributed by atoms with E-state index in [-0.39, 0.29) is 0 Å². The smallest absolute Gasteiger partial charge is 0.134 e. The van der Waals surface area contributed by atoms with Gasteiger partial charge in [-0.15, -0.1) is 0 Å². The Labute approximate surface area is 127 Å². The third-order valence-electron chi connectivity index (χ3n) is 4.08. The highest BCUT2D eigenvalue weighted by Crippen LogP contribution is 2.33. The van der Waals surface area contributed by atoms with Crippen LogP contribution in [0.2, 0.25) is 0 Å². The Morgan fingerprint density at radius 1 is 1.29 bits per heavy atom. The van der Waals surface area contributed by atoms with E-state index in [2.05, 4.69) is 61.3 Å². The molecule has 1 fully saturated rings. The first-order valence-corrected chi connectivity index (χ1v) is 8.07. The summed E-state index contributed by atoms with van der Waals surface area (Å²) in [6, 6.07) is 11.9. The second-order valence-electron chi connectivity index (χ2n) is 6.22. The Balaban J connectivity index is 2.02. The van der Waals surface area contributed by atoms with Crippen LogP contribution in [0.5, 0.6) is 0 Å². The average Bonchev–Trinajstić information content (AvgIpc) is 3.30. The van der Waals surface area contributed by atoms with Crippen molar-refractivity contribution < 1.29 is 0 Å². The maximum atomic E-state index is 4.97. The minimum absolute atomic E-state index is 0.486. The molecular formula is C18H25N3. The summed E-state index contributed by atoms with van der Waals surface area (Å²) in [5, 5.41) is 4.77. The molecule has 1 aliphatic carbocycles. The Bertz CT molecular complexity index is 617. The second-order valence-corrected chi connectivity index (χ2v) is 6.22. The number of fused-ring (bicyclic) bond motifs is 1. The van der Waals surface area contributed by atoms with E-state index in [9.17, 15) is 0 Å². The van der Waals surface area contributed by atoms with Crippen LogP contribution in [0.25, 0.3) is 10.9 Å². The van der Waals surface area contributed by atoms with Gasteiger partial charge in [0.05, 0.1) is 5.52 Å². The molecule has 0 aliphatic heterocycles. The molecule has 0 radical (unpaired) electrons. The Morgan fingerprint density at radius 3 is 2.71 bits per heavy atom. The molecule has 1 aromatic heterocycles. The van der Waals surface area contributed by atoms with Gasteiger partial charge in [-0.1, -0.05) is 32.0 Å². The molecule has 1 aromatic carbocycles. The van der Waals surface area contributed by atoms with Crippen molar-refractivity contribution in [1.82, 2.24) is 10.3 Å². The summed E-state index contributed by atoms with van der Waals surface area (Å²) < 4.78 is 0. The number of rotatable bonds is 6. The van der Waals surface area contributed by atoms with Crippen molar-refractivity contribution in [2.75, 3.05) is 11.4 Å². The molecule has 0 saturated heterocycles. The second kappa shape index (κ2) is 6.02. The standard InChI is InChI=1S/C18H25N3/c1-4-21(16-9-10-16)18-15(12-19-13(2)3)11-14-7-5-6-8-17(14)20-18/h5-8,11,13,16,19H,4,9-10,12H2,1-3H3. The summed E-state index contributed by atoms with van der Waals surface area (Å²) in [6.07, 6.45) is 2.61. The number of hydrogen-bond donors (Lipinski definition) is 1. The molecular weight excluding hydrogens is 258 g/mol. The predicted octanol–water partition coefficient (Wildman–Crippen LogP) is 3.72. The fourth-order valence-corrected chi connectivity index (χ4v) is 2.81. The average molecular weight is 283 g/mol. The van der Waals surface area contributed by atoms with Gasteiger partial charge >= 0.3 is 0 Å². The van der Waals surface area contributed by atoms with Crippen LogP contribution in [0, 0.1) is 0 Å². The van der Waals surface area contributed by atoms with Crippen LogP contribution in [0.3, 0.4) is 0 Å². The Kier molecular flexibility index (Phi) is 4.11. The number of aromatic nitrogens is 1. The van der Waals surface area contributed by atoms with Gasteiger partial charge in [0.25, 0.3) is 0 Å². The molecule has 0 amide bonds. The number of benzene rings is 1. The molecule has 0 unspecified atom stereocenters. The molecule has 3 rings (SSSR count). The van der Waals surface area contributed by atoms with Crippen molar-refractivity contribution in [2.24, 2.45) is 0 Å². The fraction of sp³-hybridized carbons (Fsp3) is 0.500. The largest absolute Gasteiger partial charge is 0.354 e. The van der Waals surface area contributed by atoms with Crippen molar-refractivity contribution in [3.63, 3.8) is 0 Å². The lowest BCUT2D eigenvalue weighted by molar-refractivity contribution is 0.587. The molecule has 21 heavy (non-hydrogen) atoms. The SMILES string of the molecule is CCN(c1nc2ccccc2cc1CNC(C)C)C1CC1. The topological polar surface area (TPSA) is 28.2 Å². The lowest BCUT2D eigenvalue weighted by atomic mass is 10.1. The molecule has 3 nitrogen and oxygen atoms in total. The van der Waals surface area contributed by atoms with E-state index in [4.69, 9.17) is 4.98 Å². The number of hydrogen-bond acceptors (Lipinski definition) is 3. The van der Waals surface area contributed by atoms with E-state index in [0.717, 1.165) is 18.6 Å². The molecule has 112 valence electrons. The van der Waals surface area contributed by atoms with Gasteiger partial charge in [0, 0.05) is 36.1 Å². The quantitative estimate of drug-likeness (QED) is 0.875. The van der Waals surface area contributed by atoms with Gasteiger partial charge in [0.1, 0.15) is 5.82 Å². The van der Waals surface area contributed by atoms with Gasteiger partial charge in [-0.25, -0.2) is 4.98 Å². The van der Waals surface area contributed by atoms with E-state index < -0.39 is 0 Å². The summed E-state index contributed by atoms with van der Waals surface area (Å²) >= 11 is 0. The molecule has 1 heterocycles. The van der Waals surface area contributed by atoms with Crippen LogP contribution >= 0.6 is 0 Å². The maximum Gasteiger partial charge on any atom is 0.134 e. The van der Waals surface area contributed by atoms with Crippen molar-refractivity contribution >= 4 is 16.7 Å². The maximum absolute atomic E-state index is 4.97. The highest BCUT2D eigenvalue weighted by atomic mass is 15.2. The summed E-state index contributed by atoms with van der Waals surface area (Å²) in [5.74, 6) is 1.17. The minimum Gasteiger partial charge on any atom is -0.354 e. The first-order valence-electron chi connectivity index (χ1n) is 8.07. The van der Waals surface area contributed by atoms with Crippen molar-refractivity contribution in [3.05, 3.63) is 35.9 Å². The number of nitrogens with one attached hydrogen (secondary N) is 1. The zero-order chi connectivity index (χ0) is 14.8. The van der Waals surface area contributed by atoms with Crippen LogP contribution in [0.4, 0.5) is 5.82 Å². The van der Waals surface area contributed by atoms with Gasteiger partial charge in [-0.3, -0.25) is 0 Å². The van der Waals surface area contributed by atoms with Crippen LogP contribution < -0.4 is 10.2 Å². The van der Waals surface area contributed by atoms with Crippen molar-refractivity contribution in [2.45, 2.75) is 52.2 Å². The highest BCUT2D eigenvalue weighted by molar-refractivity contribution is 5.82. The minimum atomic E-state index is 0.486. The predicted molar refractivity (Wildman–Crippen MR) is 89.8 cm³/mol. The summed E-state index contributed by atoms with van der Waals surface area (Å²) in [7, 11) is 0. The number of nitrogens with zero attached hydrogens (tertiary/aromatic N) is 2. The Hall–Kier alpha value is -1.61. The zero-order valence-electron chi connectivity index (χ0n) is 13.3. The molecule has 1 N–H and O–H groups in total. The van der Waals surface area contributed by atoms with E-state index in [1.165, 1.54) is 29.6 Å². The Morgan fingerprint density at radius 2 is 2.05 bits per heavy atom. The third-order valence-corrected chi connectivity index (χ3v) is 4.08. The van der Waals surface area contributed by atoms with E-state index in [1.807, 2.05) is 0 Å². The monoisotopic (exact) mass is 283 g/mol. The molecule has 2 aromatic rings. The molecule has 3 heteroatoms. The highest BCUT2D eigenvalue weighted by Gasteiger charge is 2.30. The molecule has 0 spiro atoms. The van der Waals surface area contributed by atoms with Crippen LogP contribution in [0.1, 0.15) is 39.2 Å². The first-order chi connectivity index (χ1) is 10.2. The molecule has 0 atom stereocenters. The lowest BCUT2D eigenvalue weighted by Crippen LogP contribution is -2.29. The summed E-state index contributed by atoms with van der Waals surface area (Å²) in [4.78, 5) is 7.45. The first kappa shape index (κ1) is 14.3. The molecule has 1 aliphatic rings. The van der Waals surface area contributed by atoms with E-state index >= 15 is 0 Å². The van der Waals surface area contributed by atoms with Crippen molar-refractivity contribution in [3.8, 4) is 0 Å². The van der Waals surface area contributed by atoms with Gasteiger partial charge < -0.3 is 10.2 Å². The van der Waals surface area contributed by atoms with Crippen LogP contribution in [-0.4, -0.2) is 23.6 Å². The molecule has 0 bridgehead atoms. The van der Waals surface area contributed by atoms with Crippen molar-refractivity contribution in [1.29, 1.82) is 0 Å². The van der Waals surface area contributed by atoms with Gasteiger partial charge in [0.2, 0.25) is 0 Å². The van der Waals surface area contributed by atoms with Gasteiger partial charge in [-0.05, 0) is 31.9 Å². The summed E-state index contributed by atoms with van der Waals surface area (Å²) in [6.45, 7) is 8.52. The third kappa shape index (κ3) is 3.18. The number of pyridine rings is 1. The fourth-order valence-electron chi connectivity index (χ4n) is 2.81. The van der Waals surface area contributed by atoms with Gasteiger partial charge in [0.15, 0.2) is 0 Å². The normalized spacial score (nSPS) is 14.9. The van der Waals surface area contributed by atoms with Crippen LogP contribution in [-0.2, 0) is 6.54 Å². The van der Waals surface area contributed by atoms with Gasteiger partial charge in [-0.2, -0.15) is 0 Å². The summed E-state index contributed by atoms with van der Waals surface area (Å²) in [5.41, 5.74) is 2.41.